The normalized spacial score (nSPS) is 11.1. The molecule has 2 aromatic carbocycles. The fraction of sp³-hybridized carbons (Fsp3) is 0.0556. The molecule has 120 valence electrons. The number of para-hydroxylation sites is 1. The molecule has 0 aliphatic heterocycles. The van der Waals surface area contributed by atoms with E-state index in [-0.39, 0.29) is 5.43 Å². The molecule has 0 spiro atoms. The van der Waals surface area contributed by atoms with Crippen molar-refractivity contribution in [3.8, 4) is 5.75 Å². The summed E-state index contributed by atoms with van der Waals surface area (Å²) in [5, 5.41) is 0.513. The van der Waals surface area contributed by atoms with Gasteiger partial charge in [0.2, 0.25) is 0 Å². The standard InChI is InChI=1S/C18H12BrNO4/c1-11(21)23-18-8-12(19)6-7-15(18)20-10-13-9-16(22)14-4-2-3-5-17(14)24-13/h2-10H,1H3. The molecule has 0 atom stereocenters. The van der Waals surface area contributed by atoms with Crippen LogP contribution in [0.3, 0.4) is 0 Å². The average Bonchev–Trinajstić information content (AvgIpc) is 2.53. The fourth-order valence-corrected chi connectivity index (χ4v) is 2.49. The summed E-state index contributed by atoms with van der Waals surface area (Å²) in [4.78, 5) is 27.5. The van der Waals surface area contributed by atoms with Crippen LogP contribution in [0.2, 0.25) is 0 Å². The highest BCUT2D eigenvalue weighted by Crippen LogP contribution is 2.31. The topological polar surface area (TPSA) is 68.9 Å². The molecule has 1 heterocycles. The van der Waals surface area contributed by atoms with Gasteiger partial charge in [0.15, 0.2) is 11.2 Å². The predicted octanol–water partition coefficient (Wildman–Crippen LogP) is 4.23. The zero-order valence-corrected chi connectivity index (χ0v) is 14.2. The van der Waals surface area contributed by atoms with Crippen LogP contribution >= 0.6 is 15.9 Å². The number of halogens is 1. The van der Waals surface area contributed by atoms with Gasteiger partial charge in [0.1, 0.15) is 17.0 Å². The number of esters is 1. The number of aliphatic imine (C=N–C) groups is 1. The first-order valence-corrected chi connectivity index (χ1v) is 7.87. The van der Waals surface area contributed by atoms with Crippen molar-refractivity contribution in [3.05, 3.63) is 69.0 Å². The molecule has 0 saturated carbocycles. The SMILES string of the molecule is CC(=O)Oc1cc(Br)ccc1N=Cc1cc(=O)c2ccccc2o1. The van der Waals surface area contributed by atoms with Crippen LogP contribution in [0.4, 0.5) is 5.69 Å². The van der Waals surface area contributed by atoms with Gasteiger partial charge >= 0.3 is 5.97 Å². The smallest absolute Gasteiger partial charge is 0.308 e. The van der Waals surface area contributed by atoms with Crippen molar-refractivity contribution in [1.82, 2.24) is 0 Å². The second-order valence-corrected chi connectivity index (χ2v) is 5.89. The quantitative estimate of drug-likeness (QED) is 0.384. The molecule has 0 saturated heterocycles. The third kappa shape index (κ3) is 3.60. The van der Waals surface area contributed by atoms with E-state index >= 15 is 0 Å². The Morgan fingerprint density at radius 1 is 1.21 bits per heavy atom. The predicted molar refractivity (Wildman–Crippen MR) is 95.2 cm³/mol. The van der Waals surface area contributed by atoms with Crippen LogP contribution in [-0.4, -0.2) is 12.2 Å². The minimum absolute atomic E-state index is 0.144. The Balaban J connectivity index is 1.99. The number of benzene rings is 2. The van der Waals surface area contributed by atoms with E-state index in [1.165, 1.54) is 19.2 Å². The maximum atomic E-state index is 12.1. The zero-order chi connectivity index (χ0) is 17.1. The Kier molecular flexibility index (Phi) is 4.57. The lowest BCUT2D eigenvalue weighted by Crippen LogP contribution is -2.02. The fourth-order valence-electron chi connectivity index (χ4n) is 2.15. The molecule has 0 fully saturated rings. The van der Waals surface area contributed by atoms with Gasteiger partial charge in [-0.25, -0.2) is 4.99 Å². The number of nitrogens with zero attached hydrogens (tertiary/aromatic N) is 1. The number of hydrogen-bond donors (Lipinski definition) is 0. The molecule has 1 aromatic heterocycles. The Hall–Kier alpha value is -2.73. The van der Waals surface area contributed by atoms with Crippen molar-refractivity contribution < 1.29 is 13.9 Å². The molecule has 3 aromatic rings. The maximum absolute atomic E-state index is 12.1. The third-order valence-electron chi connectivity index (χ3n) is 3.16. The summed E-state index contributed by atoms with van der Waals surface area (Å²) in [7, 11) is 0. The van der Waals surface area contributed by atoms with E-state index in [0.29, 0.717) is 28.2 Å². The van der Waals surface area contributed by atoms with Gasteiger partial charge in [-0.15, -0.1) is 0 Å². The number of fused-ring (bicyclic) bond motifs is 1. The summed E-state index contributed by atoms with van der Waals surface area (Å²) in [6, 6.07) is 13.5. The van der Waals surface area contributed by atoms with Gasteiger partial charge in [0, 0.05) is 17.5 Å². The van der Waals surface area contributed by atoms with E-state index in [0.717, 1.165) is 4.47 Å². The number of hydrogen-bond acceptors (Lipinski definition) is 5. The molecule has 5 nitrogen and oxygen atoms in total. The second-order valence-electron chi connectivity index (χ2n) is 4.97. The lowest BCUT2D eigenvalue weighted by atomic mass is 10.2. The second kappa shape index (κ2) is 6.80. The molecule has 3 rings (SSSR count). The van der Waals surface area contributed by atoms with Gasteiger partial charge in [-0.3, -0.25) is 9.59 Å². The summed E-state index contributed by atoms with van der Waals surface area (Å²) < 4.78 is 11.5. The lowest BCUT2D eigenvalue weighted by molar-refractivity contribution is -0.131. The summed E-state index contributed by atoms with van der Waals surface area (Å²) in [5.41, 5.74) is 0.793. The molecule has 0 unspecified atom stereocenters. The molecule has 0 aliphatic rings. The Morgan fingerprint density at radius 3 is 2.79 bits per heavy atom. The summed E-state index contributed by atoms with van der Waals surface area (Å²) in [5.74, 6) is 0.188. The third-order valence-corrected chi connectivity index (χ3v) is 3.65. The largest absolute Gasteiger partial charge is 0.455 e. The van der Waals surface area contributed by atoms with Gasteiger partial charge in [0.05, 0.1) is 11.6 Å². The van der Waals surface area contributed by atoms with E-state index in [1.54, 1.807) is 42.5 Å². The number of carbonyl (C=O) groups is 1. The highest BCUT2D eigenvalue weighted by atomic mass is 79.9. The maximum Gasteiger partial charge on any atom is 0.308 e. The molecule has 24 heavy (non-hydrogen) atoms. The van der Waals surface area contributed by atoms with Crippen molar-refractivity contribution in [2.24, 2.45) is 4.99 Å². The summed E-state index contributed by atoms with van der Waals surface area (Å²) in [6.45, 7) is 1.32. The summed E-state index contributed by atoms with van der Waals surface area (Å²) in [6.07, 6.45) is 1.42. The van der Waals surface area contributed by atoms with Crippen LogP contribution in [-0.2, 0) is 4.79 Å². The number of rotatable bonds is 3. The van der Waals surface area contributed by atoms with Crippen LogP contribution in [0.1, 0.15) is 12.7 Å². The van der Waals surface area contributed by atoms with Gasteiger partial charge in [-0.1, -0.05) is 28.1 Å². The lowest BCUT2D eigenvalue weighted by Gasteiger charge is -2.05. The minimum atomic E-state index is -0.443. The zero-order valence-electron chi connectivity index (χ0n) is 12.7. The van der Waals surface area contributed by atoms with E-state index in [2.05, 4.69) is 20.9 Å². The summed E-state index contributed by atoms with van der Waals surface area (Å²) >= 11 is 3.32. The Morgan fingerprint density at radius 2 is 2.00 bits per heavy atom. The van der Waals surface area contributed by atoms with Crippen LogP contribution in [0, 0.1) is 0 Å². The van der Waals surface area contributed by atoms with E-state index < -0.39 is 5.97 Å². The van der Waals surface area contributed by atoms with Crippen LogP contribution < -0.4 is 10.2 Å². The number of carbonyl (C=O) groups excluding carboxylic acids is 1. The molecule has 0 bridgehead atoms. The molecular formula is C18H12BrNO4. The van der Waals surface area contributed by atoms with E-state index in [4.69, 9.17) is 9.15 Å². The molecule has 0 aliphatic carbocycles. The first-order valence-electron chi connectivity index (χ1n) is 7.08. The molecule has 6 heteroatoms. The molecular weight excluding hydrogens is 374 g/mol. The molecule has 0 radical (unpaired) electrons. The minimum Gasteiger partial charge on any atom is -0.455 e. The van der Waals surface area contributed by atoms with Crippen molar-refractivity contribution >= 4 is 44.8 Å². The van der Waals surface area contributed by atoms with Crippen molar-refractivity contribution in [2.45, 2.75) is 6.92 Å². The highest BCUT2D eigenvalue weighted by Gasteiger charge is 2.07. The van der Waals surface area contributed by atoms with Gasteiger partial charge in [-0.05, 0) is 30.3 Å². The van der Waals surface area contributed by atoms with Crippen LogP contribution in [0.15, 0.2) is 67.2 Å². The first-order chi connectivity index (χ1) is 11.5. The highest BCUT2D eigenvalue weighted by molar-refractivity contribution is 9.10. The first kappa shape index (κ1) is 16.1. The molecule has 0 N–H and O–H groups in total. The van der Waals surface area contributed by atoms with Crippen molar-refractivity contribution in [2.75, 3.05) is 0 Å². The van der Waals surface area contributed by atoms with Crippen LogP contribution in [0.5, 0.6) is 5.75 Å². The van der Waals surface area contributed by atoms with Crippen LogP contribution in [0.25, 0.3) is 11.0 Å². The van der Waals surface area contributed by atoms with E-state index in [9.17, 15) is 9.59 Å². The monoisotopic (exact) mass is 385 g/mol. The van der Waals surface area contributed by atoms with Crippen molar-refractivity contribution in [3.63, 3.8) is 0 Å². The Bertz CT molecular complexity index is 1010. The van der Waals surface area contributed by atoms with Gasteiger partial charge < -0.3 is 9.15 Å². The number of ether oxygens (including phenoxy) is 1. The van der Waals surface area contributed by atoms with Crippen molar-refractivity contribution in [1.29, 1.82) is 0 Å². The average molecular weight is 386 g/mol. The Labute approximate surface area is 145 Å². The molecule has 0 amide bonds. The van der Waals surface area contributed by atoms with Gasteiger partial charge in [-0.2, -0.15) is 0 Å². The van der Waals surface area contributed by atoms with E-state index in [1.807, 2.05) is 0 Å². The van der Waals surface area contributed by atoms with Gasteiger partial charge in [0.25, 0.3) is 0 Å².